The van der Waals surface area contributed by atoms with Crippen LogP contribution in [0.5, 0.6) is 0 Å². The van der Waals surface area contributed by atoms with Gasteiger partial charge in [0.25, 0.3) is 0 Å². The van der Waals surface area contributed by atoms with E-state index in [-0.39, 0.29) is 0 Å². The van der Waals surface area contributed by atoms with Crippen LogP contribution in [0.15, 0.2) is 29.3 Å². The van der Waals surface area contributed by atoms with E-state index in [0.29, 0.717) is 6.54 Å². The Morgan fingerprint density at radius 3 is 2.65 bits per heavy atom. The highest BCUT2D eigenvalue weighted by Gasteiger charge is 2.15. The molecule has 1 heterocycles. The maximum atomic E-state index is 5.92. The summed E-state index contributed by atoms with van der Waals surface area (Å²) in [5.41, 5.74) is 1.17. The molecule has 2 rings (SSSR count). The lowest BCUT2D eigenvalue weighted by Crippen LogP contribution is -2.40. The molecule has 0 aliphatic carbocycles. The molecule has 0 amide bonds. The second-order valence-corrected chi connectivity index (χ2v) is 6.50. The van der Waals surface area contributed by atoms with Crippen molar-refractivity contribution in [3.8, 4) is 0 Å². The summed E-state index contributed by atoms with van der Waals surface area (Å²) in [6.45, 7) is 6.50. The average Bonchev–Trinajstić information content (AvgIpc) is 2.59. The van der Waals surface area contributed by atoms with Gasteiger partial charge in [-0.3, -0.25) is 0 Å². The summed E-state index contributed by atoms with van der Waals surface area (Å²) in [5, 5.41) is 4.14. The molecule has 1 aliphatic rings. The van der Waals surface area contributed by atoms with Crippen LogP contribution in [0.25, 0.3) is 0 Å². The van der Waals surface area contributed by atoms with Gasteiger partial charge in [0.15, 0.2) is 5.96 Å². The van der Waals surface area contributed by atoms with Gasteiger partial charge in [-0.05, 0) is 49.8 Å². The zero-order valence-corrected chi connectivity index (χ0v) is 15.0. The molecule has 1 aliphatic heterocycles. The number of guanidine groups is 1. The molecule has 1 N–H and O–H groups in total. The van der Waals surface area contributed by atoms with Crippen molar-refractivity contribution in [1.29, 1.82) is 0 Å². The molecule has 1 aromatic carbocycles. The van der Waals surface area contributed by atoms with Crippen molar-refractivity contribution in [3.05, 3.63) is 34.9 Å². The van der Waals surface area contributed by atoms with Crippen LogP contribution in [-0.4, -0.2) is 44.2 Å². The largest absolute Gasteiger partial charge is 0.381 e. The minimum Gasteiger partial charge on any atom is -0.381 e. The molecule has 0 atom stereocenters. The van der Waals surface area contributed by atoms with E-state index in [2.05, 4.69) is 24.2 Å². The first-order valence-corrected chi connectivity index (χ1v) is 8.88. The molecule has 0 spiro atoms. The van der Waals surface area contributed by atoms with Gasteiger partial charge in [-0.2, -0.15) is 0 Å². The fourth-order valence-corrected chi connectivity index (χ4v) is 2.87. The van der Waals surface area contributed by atoms with E-state index in [1.165, 1.54) is 24.8 Å². The van der Waals surface area contributed by atoms with Gasteiger partial charge in [-0.1, -0.05) is 23.7 Å². The zero-order chi connectivity index (χ0) is 16.5. The van der Waals surface area contributed by atoms with Crippen molar-refractivity contribution in [1.82, 2.24) is 10.2 Å². The highest BCUT2D eigenvalue weighted by Crippen LogP contribution is 2.18. The van der Waals surface area contributed by atoms with Crippen molar-refractivity contribution < 1.29 is 4.74 Å². The highest BCUT2D eigenvalue weighted by atomic mass is 35.5. The molecule has 1 saturated heterocycles. The Kier molecular flexibility index (Phi) is 7.69. The standard InChI is InChI=1S/C18H28ClN3O/c1-3-20-18(21-14-16-4-6-17(19)7-5-16)22(2)11-8-15-9-12-23-13-10-15/h4-7,15H,3,8-14H2,1-2H3,(H,20,21). The first kappa shape index (κ1) is 18.1. The van der Waals surface area contributed by atoms with Crippen molar-refractivity contribution >= 4 is 17.6 Å². The number of rotatable bonds is 6. The van der Waals surface area contributed by atoms with Gasteiger partial charge in [0.05, 0.1) is 6.54 Å². The molecule has 0 unspecified atom stereocenters. The topological polar surface area (TPSA) is 36.9 Å². The summed E-state index contributed by atoms with van der Waals surface area (Å²) in [5.74, 6) is 1.75. The van der Waals surface area contributed by atoms with Crippen LogP contribution in [0, 0.1) is 5.92 Å². The van der Waals surface area contributed by atoms with Crippen LogP contribution >= 0.6 is 11.6 Å². The monoisotopic (exact) mass is 337 g/mol. The summed E-state index contributed by atoms with van der Waals surface area (Å²) < 4.78 is 5.43. The molecule has 128 valence electrons. The first-order valence-electron chi connectivity index (χ1n) is 8.50. The number of ether oxygens (including phenoxy) is 1. The minimum atomic E-state index is 0.668. The molecule has 0 bridgehead atoms. The second-order valence-electron chi connectivity index (χ2n) is 6.06. The SMILES string of the molecule is CCNC(=NCc1ccc(Cl)cc1)N(C)CCC1CCOCC1. The Morgan fingerprint density at radius 2 is 2.00 bits per heavy atom. The van der Waals surface area contributed by atoms with E-state index in [1.807, 2.05) is 24.3 Å². The number of halogens is 1. The van der Waals surface area contributed by atoms with Crippen LogP contribution in [0.3, 0.4) is 0 Å². The third-order valence-electron chi connectivity index (χ3n) is 4.23. The van der Waals surface area contributed by atoms with Crippen LogP contribution in [-0.2, 0) is 11.3 Å². The van der Waals surface area contributed by atoms with Gasteiger partial charge in [0.2, 0.25) is 0 Å². The number of hydrogen-bond acceptors (Lipinski definition) is 2. The Bertz CT molecular complexity index is 484. The average molecular weight is 338 g/mol. The van der Waals surface area contributed by atoms with Crippen molar-refractivity contribution in [2.75, 3.05) is 33.4 Å². The molecule has 0 aromatic heterocycles. The molecule has 5 heteroatoms. The molecular formula is C18H28ClN3O. The molecule has 0 saturated carbocycles. The maximum Gasteiger partial charge on any atom is 0.193 e. The first-order chi connectivity index (χ1) is 11.2. The quantitative estimate of drug-likeness (QED) is 0.637. The predicted octanol–water partition coefficient (Wildman–Crippen LogP) is 3.55. The van der Waals surface area contributed by atoms with Gasteiger partial charge < -0.3 is 15.0 Å². The lowest BCUT2D eigenvalue weighted by molar-refractivity contribution is 0.0625. The Labute approximate surface area is 144 Å². The van der Waals surface area contributed by atoms with Crippen molar-refractivity contribution in [2.45, 2.75) is 32.7 Å². The van der Waals surface area contributed by atoms with E-state index < -0.39 is 0 Å². The van der Waals surface area contributed by atoms with Crippen LogP contribution in [0.4, 0.5) is 0 Å². The van der Waals surface area contributed by atoms with Crippen LogP contribution < -0.4 is 5.32 Å². The van der Waals surface area contributed by atoms with Crippen LogP contribution in [0.1, 0.15) is 31.7 Å². The lowest BCUT2D eigenvalue weighted by Gasteiger charge is -2.26. The van der Waals surface area contributed by atoms with E-state index >= 15 is 0 Å². The van der Waals surface area contributed by atoms with Gasteiger partial charge in [0, 0.05) is 38.4 Å². The molecular weight excluding hydrogens is 310 g/mol. The second kappa shape index (κ2) is 9.78. The van der Waals surface area contributed by atoms with Gasteiger partial charge in [-0.25, -0.2) is 4.99 Å². The Balaban J connectivity index is 1.87. The van der Waals surface area contributed by atoms with Gasteiger partial charge >= 0.3 is 0 Å². The number of nitrogens with one attached hydrogen (secondary N) is 1. The van der Waals surface area contributed by atoms with Gasteiger partial charge in [-0.15, -0.1) is 0 Å². The molecule has 4 nitrogen and oxygen atoms in total. The third kappa shape index (κ3) is 6.40. The summed E-state index contributed by atoms with van der Waals surface area (Å²) >= 11 is 5.92. The van der Waals surface area contributed by atoms with Crippen LogP contribution in [0.2, 0.25) is 5.02 Å². The Hall–Kier alpha value is -1.26. The lowest BCUT2D eigenvalue weighted by atomic mass is 9.96. The van der Waals surface area contributed by atoms with E-state index in [9.17, 15) is 0 Å². The van der Waals surface area contributed by atoms with E-state index in [0.717, 1.165) is 43.2 Å². The predicted molar refractivity (Wildman–Crippen MR) is 97.1 cm³/mol. The summed E-state index contributed by atoms with van der Waals surface area (Å²) in [6.07, 6.45) is 3.57. The number of nitrogens with zero attached hydrogens (tertiary/aromatic N) is 2. The summed E-state index contributed by atoms with van der Waals surface area (Å²) in [7, 11) is 2.11. The Morgan fingerprint density at radius 1 is 1.30 bits per heavy atom. The molecule has 23 heavy (non-hydrogen) atoms. The van der Waals surface area contributed by atoms with Crippen molar-refractivity contribution in [3.63, 3.8) is 0 Å². The fourth-order valence-electron chi connectivity index (χ4n) is 2.74. The normalized spacial score (nSPS) is 16.4. The number of benzene rings is 1. The molecule has 0 radical (unpaired) electrons. The highest BCUT2D eigenvalue weighted by molar-refractivity contribution is 6.30. The minimum absolute atomic E-state index is 0.668. The molecule has 1 fully saturated rings. The van der Waals surface area contributed by atoms with E-state index in [4.69, 9.17) is 21.3 Å². The third-order valence-corrected chi connectivity index (χ3v) is 4.49. The summed E-state index contributed by atoms with van der Waals surface area (Å²) in [4.78, 5) is 6.97. The summed E-state index contributed by atoms with van der Waals surface area (Å²) in [6, 6.07) is 7.87. The zero-order valence-electron chi connectivity index (χ0n) is 14.2. The smallest absolute Gasteiger partial charge is 0.193 e. The van der Waals surface area contributed by atoms with Crippen molar-refractivity contribution in [2.24, 2.45) is 10.9 Å². The number of hydrogen-bond donors (Lipinski definition) is 1. The van der Waals surface area contributed by atoms with Gasteiger partial charge in [0.1, 0.15) is 0 Å². The van der Waals surface area contributed by atoms with E-state index in [1.54, 1.807) is 0 Å². The molecule has 1 aromatic rings. The number of aliphatic imine (C=N–C) groups is 1. The maximum absolute atomic E-state index is 5.92. The fraction of sp³-hybridized carbons (Fsp3) is 0.611.